The SMILES string of the molecule is Cc1cc(F)ccc1C(=O)NCc1nc(C(=O)O)cs1. The first kappa shape index (κ1) is 14.1. The molecule has 1 heterocycles. The predicted octanol–water partition coefficient (Wildman–Crippen LogP) is 2.22. The van der Waals surface area contributed by atoms with E-state index in [0.717, 1.165) is 11.3 Å². The summed E-state index contributed by atoms with van der Waals surface area (Å²) in [6.07, 6.45) is 0. The molecule has 5 nitrogen and oxygen atoms in total. The van der Waals surface area contributed by atoms with Gasteiger partial charge >= 0.3 is 5.97 Å². The third-order valence-corrected chi connectivity index (χ3v) is 3.45. The van der Waals surface area contributed by atoms with Gasteiger partial charge in [0, 0.05) is 10.9 Å². The van der Waals surface area contributed by atoms with Crippen LogP contribution in [0.2, 0.25) is 0 Å². The first-order chi connectivity index (χ1) is 9.47. The average Bonchev–Trinajstić information content (AvgIpc) is 2.85. The Morgan fingerprint density at radius 1 is 1.45 bits per heavy atom. The number of amides is 1. The molecule has 1 aromatic carbocycles. The van der Waals surface area contributed by atoms with Gasteiger partial charge in [-0.05, 0) is 30.7 Å². The van der Waals surface area contributed by atoms with Gasteiger partial charge in [-0.25, -0.2) is 14.2 Å². The maximum absolute atomic E-state index is 12.9. The molecule has 7 heteroatoms. The van der Waals surface area contributed by atoms with Gasteiger partial charge in [0.1, 0.15) is 10.8 Å². The second kappa shape index (κ2) is 5.79. The van der Waals surface area contributed by atoms with E-state index in [1.165, 1.54) is 23.6 Å². The molecular formula is C13H11FN2O3S. The van der Waals surface area contributed by atoms with Crippen LogP contribution in [0.15, 0.2) is 23.6 Å². The number of carbonyl (C=O) groups is 2. The van der Waals surface area contributed by atoms with Crippen molar-refractivity contribution in [2.24, 2.45) is 0 Å². The van der Waals surface area contributed by atoms with Crippen molar-refractivity contribution in [3.63, 3.8) is 0 Å². The van der Waals surface area contributed by atoms with E-state index in [4.69, 9.17) is 5.11 Å². The van der Waals surface area contributed by atoms with E-state index < -0.39 is 11.8 Å². The van der Waals surface area contributed by atoms with Gasteiger partial charge in [0.25, 0.3) is 5.91 Å². The summed E-state index contributed by atoms with van der Waals surface area (Å²) in [6.45, 7) is 1.78. The van der Waals surface area contributed by atoms with Crippen LogP contribution in [0.25, 0.3) is 0 Å². The van der Waals surface area contributed by atoms with E-state index in [0.29, 0.717) is 16.1 Å². The molecule has 2 rings (SSSR count). The molecule has 0 atom stereocenters. The Hall–Kier alpha value is -2.28. The lowest BCUT2D eigenvalue weighted by molar-refractivity contribution is 0.0691. The highest BCUT2D eigenvalue weighted by atomic mass is 32.1. The fraction of sp³-hybridized carbons (Fsp3) is 0.154. The minimum absolute atomic E-state index is 0.0442. The van der Waals surface area contributed by atoms with Crippen molar-refractivity contribution in [1.29, 1.82) is 0 Å². The van der Waals surface area contributed by atoms with Gasteiger partial charge in [0.05, 0.1) is 6.54 Å². The summed E-state index contributed by atoms with van der Waals surface area (Å²) in [5, 5.41) is 13.3. The highest BCUT2D eigenvalue weighted by molar-refractivity contribution is 7.09. The van der Waals surface area contributed by atoms with Crippen molar-refractivity contribution in [3.05, 3.63) is 51.2 Å². The van der Waals surface area contributed by atoms with Crippen molar-refractivity contribution < 1.29 is 19.1 Å². The number of nitrogens with one attached hydrogen (secondary N) is 1. The van der Waals surface area contributed by atoms with E-state index in [2.05, 4.69) is 10.3 Å². The van der Waals surface area contributed by atoms with Crippen molar-refractivity contribution in [3.8, 4) is 0 Å². The second-order valence-corrected chi connectivity index (χ2v) is 5.02. The summed E-state index contributed by atoms with van der Waals surface area (Å²) in [6, 6.07) is 3.90. The summed E-state index contributed by atoms with van der Waals surface area (Å²) in [4.78, 5) is 26.4. The molecule has 104 valence electrons. The van der Waals surface area contributed by atoms with Crippen molar-refractivity contribution in [1.82, 2.24) is 10.3 Å². The predicted molar refractivity (Wildman–Crippen MR) is 71.4 cm³/mol. The number of aromatic carboxylic acids is 1. The average molecular weight is 294 g/mol. The molecular weight excluding hydrogens is 283 g/mol. The van der Waals surface area contributed by atoms with Crippen molar-refractivity contribution in [2.75, 3.05) is 0 Å². The van der Waals surface area contributed by atoms with E-state index in [9.17, 15) is 14.0 Å². The number of aryl methyl sites for hydroxylation is 1. The monoisotopic (exact) mass is 294 g/mol. The van der Waals surface area contributed by atoms with Crippen LogP contribution in [0.1, 0.15) is 31.4 Å². The van der Waals surface area contributed by atoms with Crippen LogP contribution in [0, 0.1) is 12.7 Å². The smallest absolute Gasteiger partial charge is 0.355 e. The van der Waals surface area contributed by atoms with Gasteiger partial charge in [-0.15, -0.1) is 11.3 Å². The third-order valence-electron chi connectivity index (χ3n) is 2.60. The Morgan fingerprint density at radius 2 is 2.20 bits per heavy atom. The van der Waals surface area contributed by atoms with Gasteiger partial charge in [0.2, 0.25) is 0 Å². The van der Waals surface area contributed by atoms with Gasteiger partial charge in [-0.1, -0.05) is 0 Å². The summed E-state index contributed by atoms with van der Waals surface area (Å²) >= 11 is 1.16. The van der Waals surface area contributed by atoms with Crippen LogP contribution < -0.4 is 5.32 Å². The van der Waals surface area contributed by atoms with Crippen LogP contribution in [0.3, 0.4) is 0 Å². The molecule has 2 N–H and O–H groups in total. The zero-order valence-corrected chi connectivity index (χ0v) is 11.3. The number of carboxylic acids is 1. The molecule has 0 saturated carbocycles. The molecule has 0 fully saturated rings. The summed E-state index contributed by atoms with van der Waals surface area (Å²) in [7, 11) is 0. The fourth-order valence-electron chi connectivity index (χ4n) is 1.62. The quantitative estimate of drug-likeness (QED) is 0.906. The first-order valence-corrected chi connectivity index (χ1v) is 6.57. The van der Waals surface area contributed by atoms with E-state index >= 15 is 0 Å². The zero-order chi connectivity index (χ0) is 14.7. The molecule has 0 aliphatic rings. The highest BCUT2D eigenvalue weighted by Crippen LogP contribution is 2.12. The number of benzene rings is 1. The Balaban J connectivity index is 2.02. The molecule has 0 aliphatic carbocycles. The van der Waals surface area contributed by atoms with E-state index in [1.54, 1.807) is 6.92 Å². The Kier molecular flexibility index (Phi) is 4.09. The Morgan fingerprint density at radius 3 is 2.80 bits per heavy atom. The van der Waals surface area contributed by atoms with Gasteiger partial charge < -0.3 is 10.4 Å². The third kappa shape index (κ3) is 3.18. The number of hydrogen-bond acceptors (Lipinski definition) is 4. The lowest BCUT2D eigenvalue weighted by Gasteiger charge is -2.06. The second-order valence-electron chi connectivity index (χ2n) is 4.07. The molecule has 0 aliphatic heterocycles. The van der Waals surface area contributed by atoms with Crippen LogP contribution in [-0.2, 0) is 6.54 Å². The summed E-state index contributed by atoms with van der Waals surface area (Å²) in [5.41, 5.74) is 0.867. The minimum atomic E-state index is -1.10. The first-order valence-electron chi connectivity index (χ1n) is 5.69. The summed E-state index contributed by atoms with van der Waals surface area (Å²) < 4.78 is 12.9. The number of carbonyl (C=O) groups excluding carboxylic acids is 1. The maximum atomic E-state index is 12.9. The molecule has 0 unspecified atom stereocenters. The number of halogens is 1. The number of hydrogen-bond donors (Lipinski definition) is 2. The van der Waals surface area contributed by atoms with Crippen molar-refractivity contribution >= 4 is 23.2 Å². The summed E-state index contributed by atoms with van der Waals surface area (Å²) in [5.74, 6) is -1.85. The number of aromatic nitrogens is 1. The normalized spacial score (nSPS) is 10.3. The van der Waals surface area contributed by atoms with Gasteiger partial charge in [-0.2, -0.15) is 0 Å². The van der Waals surface area contributed by atoms with Crippen LogP contribution in [-0.4, -0.2) is 22.0 Å². The molecule has 2 aromatic rings. The Labute approximate surface area is 118 Å². The number of thiazole rings is 1. The lowest BCUT2D eigenvalue weighted by Crippen LogP contribution is -2.23. The highest BCUT2D eigenvalue weighted by Gasteiger charge is 2.12. The number of nitrogens with zero attached hydrogens (tertiary/aromatic N) is 1. The molecule has 0 bridgehead atoms. The molecule has 1 amide bonds. The molecule has 0 radical (unpaired) electrons. The standard InChI is InChI=1S/C13H11FN2O3S/c1-7-4-8(14)2-3-9(7)12(17)15-5-11-16-10(6-20-11)13(18)19/h2-4,6H,5H2,1H3,(H,15,17)(H,18,19). The number of carboxylic acid groups (broad SMARTS) is 1. The van der Waals surface area contributed by atoms with Crippen molar-refractivity contribution in [2.45, 2.75) is 13.5 Å². The number of rotatable bonds is 4. The molecule has 1 aromatic heterocycles. The van der Waals surface area contributed by atoms with E-state index in [-0.39, 0.29) is 18.1 Å². The van der Waals surface area contributed by atoms with Gasteiger partial charge in [-0.3, -0.25) is 4.79 Å². The molecule has 0 saturated heterocycles. The Bertz CT molecular complexity index is 669. The van der Waals surface area contributed by atoms with Gasteiger partial charge in [0.15, 0.2) is 5.69 Å². The maximum Gasteiger partial charge on any atom is 0.355 e. The van der Waals surface area contributed by atoms with Crippen LogP contribution >= 0.6 is 11.3 Å². The molecule has 0 spiro atoms. The topological polar surface area (TPSA) is 79.3 Å². The van der Waals surface area contributed by atoms with Crippen LogP contribution in [0.5, 0.6) is 0 Å². The van der Waals surface area contributed by atoms with E-state index in [1.807, 2.05) is 0 Å². The van der Waals surface area contributed by atoms with Crippen LogP contribution in [0.4, 0.5) is 4.39 Å². The minimum Gasteiger partial charge on any atom is -0.476 e. The largest absolute Gasteiger partial charge is 0.476 e. The molecule has 20 heavy (non-hydrogen) atoms. The fourth-order valence-corrected chi connectivity index (χ4v) is 2.33. The zero-order valence-electron chi connectivity index (χ0n) is 10.5. The lowest BCUT2D eigenvalue weighted by atomic mass is 10.1.